The molecule has 2 aromatic rings. The smallest absolute Gasteiger partial charge is 0.290 e. The monoisotopic (exact) mass is 273 g/mol. The Morgan fingerprint density at radius 3 is 2.85 bits per heavy atom. The highest BCUT2D eigenvalue weighted by atomic mass is 16.1. The molecular weight excluding hydrogens is 254 g/mol. The van der Waals surface area contributed by atoms with E-state index >= 15 is 0 Å². The molecule has 106 valence electrons. The fourth-order valence-corrected chi connectivity index (χ4v) is 2.36. The minimum absolute atomic E-state index is 0.0461. The van der Waals surface area contributed by atoms with Gasteiger partial charge in [-0.15, -0.1) is 0 Å². The summed E-state index contributed by atoms with van der Waals surface area (Å²) in [5.74, 6) is 0. The van der Waals surface area contributed by atoms with E-state index in [9.17, 15) is 4.79 Å². The maximum Gasteiger partial charge on any atom is 0.330 e. The summed E-state index contributed by atoms with van der Waals surface area (Å²) in [5.41, 5.74) is 6.40. The Bertz CT molecular complexity index is 732. The van der Waals surface area contributed by atoms with Gasteiger partial charge in [-0.05, 0) is 39.7 Å². The number of nitrogens with one attached hydrogen (secondary N) is 1. The topological polar surface area (TPSA) is 64.2 Å². The zero-order valence-corrected chi connectivity index (χ0v) is 12.1. The molecule has 3 rings (SSSR count). The summed E-state index contributed by atoms with van der Waals surface area (Å²) in [7, 11) is 0. The van der Waals surface area contributed by atoms with Crippen LogP contribution in [-0.4, -0.2) is 19.8 Å². The van der Waals surface area contributed by atoms with Crippen molar-refractivity contribution in [2.75, 3.05) is 5.43 Å². The van der Waals surface area contributed by atoms with Gasteiger partial charge >= 0.3 is 5.69 Å². The van der Waals surface area contributed by atoms with Crippen molar-refractivity contribution in [1.29, 1.82) is 0 Å². The zero-order valence-electron chi connectivity index (χ0n) is 12.1. The molecule has 0 aromatic carbocycles. The number of fused-ring (bicyclic) bond motifs is 1. The van der Waals surface area contributed by atoms with Crippen LogP contribution in [0.2, 0.25) is 0 Å². The molecule has 0 atom stereocenters. The summed E-state index contributed by atoms with van der Waals surface area (Å²) in [6, 6.07) is 2.28. The molecule has 6 heteroatoms. The van der Waals surface area contributed by atoms with Crippen LogP contribution in [0.15, 0.2) is 22.2 Å². The van der Waals surface area contributed by atoms with E-state index in [4.69, 9.17) is 0 Å². The van der Waals surface area contributed by atoms with Gasteiger partial charge in [-0.3, -0.25) is 14.6 Å². The van der Waals surface area contributed by atoms with Crippen LogP contribution in [0, 0.1) is 0 Å². The zero-order chi connectivity index (χ0) is 14.3. The van der Waals surface area contributed by atoms with Crippen LogP contribution in [0.4, 0.5) is 5.69 Å². The first-order valence-electron chi connectivity index (χ1n) is 6.99. The summed E-state index contributed by atoms with van der Waals surface area (Å²) in [4.78, 5) is 16.9. The molecule has 0 bridgehead atoms. The largest absolute Gasteiger partial charge is 0.330 e. The van der Waals surface area contributed by atoms with E-state index in [1.165, 1.54) is 0 Å². The number of hydrogen-bond donors (Lipinski definition) is 1. The second-order valence-corrected chi connectivity index (χ2v) is 5.37. The number of hydrazone groups is 1. The van der Waals surface area contributed by atoms with E-state index in [1.807, 2.05) is 31.4 Å². The predicted octanol–water partition coefficient (Wildman–Crippen LogP) is 2.36. The van der Waals surface area contributed by atoms with Crippen molar-refractivity contribution in [2.24, 2.45) is 5.10 Å². The van der Waals surface area contributed by atoms with Gasteiger partial charge in [-0.2, -0.15) is 5.10 Å². The Balaban J connectivity index is 2.13. The van der Waals surface area contributed by atoms with E-state index < -0.39 is 0 Å². The van der Waals surface area contributed by atoms with Crippen molar-refractivity contribution in [2.45, 2.75) is 46.2 Å². The number of aromatic nitrogens is 3. The third-order valence-electron chi connectivity index (χ3n) is 3.44. The number of imidazole rings is 1. The van der Waals surface area contributed by atoms with Crippen LogP contribution in [0.1, 0.15) is 39.7 Å². The minimum atomic E-state index is 0.0461. The van der Waals surface area contributed by atoms with Crippen molar-refractivity contribution in [3.05, 3.63) is 22.7 Å². The summed E-state index contributed by atoms with van der Waals surface area (Å²) in [6.45, 7) is 6.47. The molecule has 20 heavy (non-hydrogen) atoms. The summed E-state index contributed by atoms with van der Waals surface area (Å²) >= 11 is 0. The lowest BCUT2D eigenvalue weighted by atomic mass is 10.4. The van der Waals surface area contributed by atoms with Crippen molar-refractivity contribution in [1.82, 2.24) is 14.1 Å². The molecule has 1 N–H and O–H groups in total. The highest BCUT2D eigenvalue weighted by Crippen LogP contribution is 2.35. The molecule has 0 radical (unpaired) electrons. The quantitative estimate of drug-likeness (QED) is 0.687. The normalized spacial score (nSPS) is 14.6. The van der Waals surface area contributed by atoms with Gasteiger partial charge in [0, 0.05) is 18.3 Å². The standard InChI is InChI=1S/C14H19N5O/c1-4-18-12-7-10(17-16-9(2)3)8-15-13(12)19(14(18)20)11-5-6-11/h7-8,11,17H,4-6H2,1-3H3. The first-order valence-corrected chi connectivity index (χ1v) is 6.99. The van der Waals surface area contributed by atoms with Gasteiger partial charge in [-0.25, -0.2) is 9.78 Å². The van der Waals surface area contributed by atoms with Crippen molar-refractivity contribution >= 4 is 22.6 Å². The van der Waals surface area contributed by atoms with Gasteiger partial charge < -0.3 is 0 Å². The molecule has 1 aliphatic rings. The fraction of sp³-hybridized carbons (Fsp3) is 0.500. The van der Waals surface area contributed by atoms with Gasteiger partial charge in [0.15, 0.2) is 5.65 Å². The van der Waals surface area contributed by atoms with Gasteiger partial charge in [0.2, 0.25) is 0 Å². The third kappa shape index (κ3) is 2.11. The second kappa shape index (κ2) is 4.77. The van der Waals surface area contributed by atoms with E-state index in [0.717, 1.165) is 35.4 Å². The van der Waals surface area contributed by atoms with Crippen LogP contribution in [-0.2, 0) is 6.54 Å². The lowest BCUT2D eigenvalue weighted by Crippen LogP contribution is -2.23. The number of hydrogen-bond acceptors (Lipinski definition) is 4. The van der Waals surface area contributed by atoms with Gasteiger partial charge in [0.05, 0.1) is 17.4 Å². The first kappa shape index (κ1) is 12.9. The Hall–Kier alpha value is -2.11. The molecule has 1 saturated carbocycles. The molecule has 2 aromatic heterocycles. The van der Waals surface area contributed by atoms with E-state index in [-0.39, 0.29) is 5.69 Å². The van der Waals surface area contributed by atoms with Crippen molar-refractivity contribution < 1.29 is 0 Å². The van der Waals surface area contributed by atoms with Crippen molar-refractivity contribution in [3.8, 4) is 0 Å². The Labute approximate surface area is 117 Å². The molecule has 2 heterocycles. The fourth-order valence-electron chi connectivity index (χ4n) is 2.36. The maximum absolute atomic E-state index is 12.4. The average molecular weight is 273 g/mol. The van der Waals surface area contributed by atoms with Crippen LogP contribution >= 0.6 is 0 Å². The lowest BCUT2D eigenvalue weighted by molar-refractivity contribution is 0.657. The third-order valence-corrected chi connectivity index (χ3v) is 3.44. The maximum atomic E-state index is 12.4. The molecular formula is C14H19N5O. The molecule has 6 nitrogen and oxygen atoms in total. The molecule has 0 amide bonds. The van der Waals surface area contributed by atoms with E-state index in [2.05, 4.69) is 15.5 Å². The Kier molecular flexibility index (Phi) is 3.08. The molecule has 0 aliphatic heterocycles. The Morgan fingerprint density at radius 1 is 1.50 bits per heavy atom. The Morgan fingerprint density at radius 2 is 2.25 bits per heavy atom. The number of nitrogens with zero attached hydrogens (tertiary/aromatic N) is 4. The van der Waals surface area contributed by atoms with E-state index in [0.29, 0.717) is 12.6 Å². The number of aryl methyl sites for hydroxylation is 1. The first-order chi connectivity index (χ1) is 9.61. The van der Waals surface area contributed by atoms with Crippen LogP contribution < -0.4 is 11.1 Å². The van der Waals surface area contributed by atoms with Gasteiger partial charge in [-0.1, -0.05) is 0 Å². The molecule has 0 saturated heterocycles. The molecule has 0 unspecified atom stereocenters. The van der Waals surface area contributed by atoms with Gasteiger partial charge in [0.1, 0.15) is 0 Å². The summed E-state index contributed by atoms with van der Waals surface area (Å²) in [5, 5.41) is 4.17. The molecule has 1 fully saturated rings. The van der Waals surface area contributed by atoms with E-state index in [1.54, 1.807) is 10.8 Å². The van der Waals surface area contributed by atoms with Crippen LogP contribution in [0.3, 0.4) is 0 Å². The SMILES string of the molecule is CCn1c(=O)n(C2CC2)c2ncc(NN=C(C)C)cc21. The molecule has 1 aliphatic carbocycles. The average Bonchev–Trinajstić information content (AvgIpc) is 3.20. The van der Waals surface area contributed by atoms with Gasteiger partial charge in [0.25, 0.3) is 0 Å². The lowest BCUT2D eigenvalue weighted by Gasteiger charge is -2.03. The minimum Gasteiger partial charge on any atom is -0.290 e. The number of anilines is 1. The highest BCUT2D eigenvalue weighted by molar-refractivity contribution is 5.80. The number of rotatable bonds is 4. The van der Waals surface area contributed by atoms with Crippen LogP contribution in [0.25, 0.3) is 11.2 Å². The highest BCUT2D eigenvalue weighted by Gasteiger charge is 2.29. The summed E-state index contributed by atoms with van der Waals surface area (Å²) in [6.07, 6.45) is 3.88. The second-order valence-electron chi connectivity index (χ2n) is 5.37. The van der Waals surface area contributed by atoms with Crippen molar-refractivity contribution in [3.63, 3.8) is 0 Å². The number of pyridine rings is 1. The molecule has 0 spiro atoms. The predicted molar refractivity (Wildman–Crippen MR) is 80.3 cm³/mol. The summed E-state index contributed by atoms with van der Waals surface area (Å²) < 4.78 is 3.60. The van der Waals surface area contributed by atoms with Crippen LogP contribution in [0.5, 0.6) is 0 Å².